The van der Waals surface area contributed by atoms with E-state index in [-0.39, 0.29) is 24.2 Å². The zero-order chi connectivity index (χ0) is 52.2. The normalized spacial score (nSPS) is 12.1. The summed E-state index contributed by atoms with van der Waals surface area (Å²) in [4.78, 5) is 29.5. The second-order valence-corrected chi connectivity index (χ2v) is 23.3. The van der Waals surface area contributed by atoms with Crippen molar-refractivity contribution in [2.24, 2.45) is 5.92 Å². The van der Waals surface area contributed by atoms with Crippen LogP contribution >= 0.6 is 0 Å². The van der Waals surface area contributed by atoms with E-state index in [9.17, 15) is 9.59 Å². The third-order valence-corrected chi connectivity index (χ3v) is 16.0. The molecule has 4 nitrogen and oxygen atoms in total. The molecule has 1 amide bonds. The summed E-state index contributed by atoms with van der Waals surface area (Å²) >= 11 is 0. The molecule has 1 atom stereocenters. The molecular formula is C68H133NO3. The number of nitrogens with zero attached hydrogens (tertiary/aromatic N) is 1. The van der Waals surface area contributed by atoms with Gasteiger partial charge in [-0.1, -0.05) is 342 Å². The van der Waals surface area contributed by atoms with Gasteiger partial charge in [-0.05, 0) is 51.4 Å². The summed E-state index contributed by atoms with van der Waals surface area (Å²) in [6.45, 7) is 11.3. The minimum absolute atomic E-state index is 0.156. The van der Waals surface area contributed by atoms with Crippen LogP contribution in [-0.2, 0) is 14.3 Å². The van der Waals surface area contributed by atoms with Crippen molar-refractivity contribution in [3.05, 3.63) is 12.2 Å². The van der Waals surface area contributed by atoms with Gasteiger partial charge in [0.1, 0.15) is 0 Å². The molecule has 0 aliphatic rings. The average Bonchev–Trinajstić information content (AvgIpc) is 3.38. The van der Waals surface area contributed by atoms with E-state index >= 15 is 0 Å². The molecule has 0 saturated heterocycles. The number of carbonyl (C=O) groups excluding carboxylic acids is 2. The maximum absolute atomic E-state index is 14.2. The van der Waals surface area contributed by atoms with E-state index in [1.165, 1.54) is 315 Å². The van der Waals surface area contributed by atoms with Gasteiger partial charge in [-0.2, -0.15) is 0 Å². The Morgan fingerprint density at radius 2 is 0.569 bits per heavy atom. The Morgan fingerprint density at radius 3 is 0.875 bits per heavy atom. The van der Waals surface area contributed by atoms with Gasteiger partial charge < -0.3 is 9.64 Å². The van der Waals surface area contributed by atoms with Crippen molar-refractivity contribution in [3.63, 3.8) is 0 Å². The van der Waals surface area contributed by atoms with Gasteiger partial charge in [0, 0.05) is 19.0 Å². The van der Waals surface area contributed by atoms with E-state index in [1.807, 2.05) is 0 Å². The Bertz CT molecular complexity index is 1060. The maximum Gasteiger partial charge on any atom is 0.306 e. The fourth-order valence-electron chi connectivity index (χ4n) is 10.9. The number of hydrogen-bond acceptors (Lipinski definition) is 3. The average molecular weight is 1010 g/mol. The van der Waals surface area contributed by atoms with Gasteiger partial charge in [0.2, 0.25) is 5.91 Å². The van der Waals surface area contributed by atoms with Crippen molar-refractivity contribution < 1.29 is 14.3 Å². The number of unbranched alkanes of at least 4 members (excludes halogenated alkanes) is 49. The first kappa shape index (κ1) is 70.7. The smallest absolute Gasteiger partial charge is 0.306 e. The highest BCUT2D eigenvalue weighted by atomic mass is 16.5. The van der Waals surface area contributed by atoms with Crippen LogP contribution in [0.2, 0.25) is 0 Å². The fraction of sp³-hybridized carbons (Fsp3) is 0.941. The third-order valence-electron chi connectivity index (χ3n) is 16.0. The number of esters is 1. The Labute approximate surface area is 454 Å². The van der Waals surface area contributed by atoms with Crippen LogP contribution in [0.15, 0.2) is 12.2 Å². The Balaban J connectivity index is 4.04. The summed E-state index contributed by atoms with van der Waals surface area (Å²) in [5.41, 5.74) is 0. The van der Waals surface area contributed by atoms with E-state index < -0.39 is 0 Å². The van der Waals surface area contributed by atoms with Crippen molar-refractivity contribution in [2.45, 2.75) is 387 Å². The number of amides is 1. The molecule has 1 unspecified atom stereocenters. The summed E-state index contributed by atoms with van der Waals surface area (Å²) in [6, 6.07) is 0. The second-order valence-electron chi connectivity index (χ2n) is 23.3. The SMILES string of the molecule is CCCCCCCCCCC/C=C/CCCCCCCCCCCCCCCCCCCCCCCCCCCC(CC(=O)OCCCCCCCC)C(=O)N(CCCCCCCC)CCCCCCCC. The molecule has 0 spiro atoms. The topological polar surface area (TPSA) is 46.6 Å². The predicted molar refractivity (Wildman–Crippen MR) is 321 cm³/mol. The molecule has 0 aromatic rings. The molecule has 0 heterocycles. The third kappa shape index (κ3) is 54.9. The van der Waals surface area contributed by atoms with Gasteiger partial charge >= 0.3 is 5.97 Å². The van der Waals surface area contributed by atoms with Crippen LogP contribution in [0.25, 0.3) is 0 Å². The standard InChI is InChI=1S/C68H133NO3/c1-5-9-13-17-21-22-23-24-25-26-27-28-29-30-31-32-33-34-35-36-37-38-39-40-41-42-43-44-45-46-47-48-49-50-51-52-53-57-61-66(65-67(70)72-64-60-56-20-16-12-8-4)68(71)69(62-58-54-18-14-10-6-2)63-59-55-19-15-11-7-3/h27-28,66H,5-26,29-65H2,1-4H3/b28-27+. The number of ether oxygens (including phenoxy) is 1. The van der Waals surface area contributed by atoms with E-state index in [1.54, 1.807) is 0 Å². The van der Waals surface area contributed by atoms with Gasteiger partial charge in [-0.25, -0.2) is 0 Å². The van der Waals surface area contributed by atoms with Crippen molar-refractivity contribution in [1.29, 1.82) is 0 Å². The Hall–Kier alpha value is -1.32. The first-order chi connectivity index (χ1) is 35.6. The summed E-state index contributed by atoms with van der Waals surface area (Å²) in [7, 11) is 0. The molecule has 428 valence electrons. The molecule has 0 aromatic carbocycles. The number of hydrogen-bond donors (Lipinski definition) is 0. The molecule has 4 heteroatoms. The van der Waals surface area contributed by atoms with Gasteiger partial charge in [-0.3, -0.25) is 9.59 Å². The van der Waals surface area contributed by atoms with Crippen molar-refractivity contribution in [2.75, 3.05) is 19.7 Å². The molecular weight excluding hydrogens is 879 g/mol. The largest absolute Gasteiger partial charge is 0.466 e. The quantitative estimate of drug-likeness (QED) is 0.0346. The highest BCUT2D eigenvalue weighted by Crippen LogP contribution is 2.22. The summed E-state index contributed by atoms with van der Waals surface area (Å²) in [6.07, 6.45) is 78.3. The molecule has 0 radical (unpaired) electrons. The van der Waals surface area contributed by atoms with Crippen LogP contribution in [0, 0.1) is 5.92 Å². The van der Waals surface area contributed by atoms with Crippen molar-refractivity contribution >= 4 is 11.9 Å². The van der Waals surface area contributed by atoms with E-state index in [0.29, 0.717) is 6.61 Å². The lowest BCUT2D eigenvalue weighted by atomic mass is 9.95. The van der Waals surface area contributed by atoms with Crippen LogP contribution < -0.4 is 0 Å². The fourth-order valence-corrected chi connectivity index (χ4v) is 10.9. The lowest BCUT2D eigenvalue weighted by Crippen LogP contribution is -2.38. The first-order valence-corrected chi connectivity index (χ1v) is 33.7. The molecule has 0 saturated carbocycles. The van der Waals surface area contributed by atoms with Gasteiger partial charge in [0.25, 0.3) is 0 Å². The van der Waals surface area contributed by atoms with Crippen molar-refractivity contribution in [3.8, 4) is 0 Å². The van der Waals surface area contributed by atoms with E-state index in [2.05, 4.69) is 44.7 Å². The maximum atomic E-state index is 14.2. The summed E-state index contributed by atoms with van der Waals surface area (Å²) in [5, 5.41) is 0. The molecule has 72 heavy (non-hydrogen) atoms. The number of allylic oxidation sites excluding steroid dienone is 2. The molecule has 0 aromatic heterocycles. The monoisotopic (exact) mass is 1010 g/mol. The lowest BCUT2D eigenvalue weighted by Gasteiger charge is -2.27. The first-order valence-electron chi connectivity index (χ1n) is 33.7. The minimum Gasteiger partial charge on any atom is -0.466 e. The zero-order valence-corrected chi connectivity index (χ0v) is 50.1. The number of carbonyl (C=O) groups is 2. The van der Waals surface area contributed by atoms with E-state index in [0.717, 1.165) is 51.6 Å². The van der Waals surface area contributed by atoms with Crippen LogP contribution in [-0.4, -0.2) is 36.5 Å². The summed E-state index contributed by atoms with van der Waals surface area (Å²) < 4.78 is 5.75. The molecule has 0 rings (SSSR count). The minimum atomic E-state index is -0.228. The second kappa shape index (κ2) is 62.2. The van der Waals surface area contributed by atoms with Gasteiger partial charge in [-0.15, -0.1) is 0 Å². The highest BCUT2D eigenvalue weighted by Gasteiger charge is 2.27. The Morgan fingerprint density at radius 1 is 0.319 bits per heavy atom. The lowest BCUT2D eigenvalue weighted by molar-refractivity contribution is -0.149. The van der Waals surface area contributed by atoms with Crippen LogP contribution in [0.4, 0.5) is 0 Å². The predicted octanol–water partition coefficient (Wildman–Crippen LogP) is 23.5. The summed E-state index contributed by atoms with van der Waals surface area (Å²) in [5.74, 6) is -0.153. The molecule has 0 N–H and O–H groups in total. The van der Waals surface area contributed by atoms with Crippen LogP contribution in [0.1, 0.15) is 387 Å². The molecule has 0 fully saturated rings. The van der Waals surface area contributed by atoms with Crippen LogP contribution in [0.5, 0.6) is 0 Å². The Kier molecular flexibility index (Phi) is 61.1. The van der Waals surface area contributed by atoms with Crippen molar-refractivity contribution in [1.82, 2.24) is 4.90 Å². The van der Waals surface area contributed by atoms with E-state index in [4.69, 9.17) is 4.74 Å². The molecule has 0 bridgehead atoms. The molecule has 0 aliphatic carbocycles. The van der Waals surface area contributed by atoms with Gasteiger partial charge in [0.15, 0.2) is 0 Å². The zero-order valence-electron chi connectivity index (χ0n) is 50.1. The highest BCUT2D eigenvalue weighted by molar-refractivity contribution is 5.83. The van der Waals surface area contributed by atoms with Gasteiger partial charge in [0.05, 0.1) is 13.0 Å². The molecule has 0 aliphatic heterocycles. The number of rotatable bonds is 62. The van der Waals surface area contributed by atoms with Crippen LogP contribution in [0.3, 0.4) is 0 Å².